The summed E-state index contributed by atoms with van der Waals surface area (Å²) in [5.74, 6) is 0.464. The minimum Gasteiger partial charge on any atom is -0.456 e. The molecular formula is C18H22N2O5S. The molecule has 0 aliphatic carbocycles. The lowest BCUT2D eigenvalue weighted by Gasteiger charge is -2.34. The van der Waals surface area contributed by atoms with Crippen molar-refractivity contribution in [2.45, 2.75) is 37.9 Å². The molecule has 140 valence electrons. The third-order valence-electron chi connectivity index (χ3n) is 4.10. The van der Waals surface area contributed by atoms with Crippen molar-refractivity contribution in [3.05, 3.63) is 47.9 Å². The van der Waals surface area contributed by atoms with Gasteiger partial charge in [-0.05, 0) is 57.2 Å². The van der Waals surface area contributed by atoms with Crippen LogP contribution in [0.1, 0.15) is 30.2 Å². The van der Waals surface area contributed by atoms with Crippen molar-refractivity contribution in [2.24, 2.45) is 0 Å². The number of aryl methyl sites for hydroxylation is 1. The Balaban J connectivity index is 1.73. The quantitative estimate of drug-likeness (QED) is 0.883. The van der Waals surface area contributed by atoms with E-state index < -0.39 is 10.0 Å². The van der Waals surface area contributed by atoms with Crippen molar-refractivity contribution < 1.29 is 22.4 Å². The second kappa shape index (κ2) is 7.22. The lowest BCUT2D eigenvalue weighted by molar-refractivity contribution is -0.0440. The lowest BCUT2D eigenvalue weighted by atomic mass is 10.3. The number of hydrogen-bond acceptors (Lipinski definition) is 5. The molecule has 1 aromatic carbocycles. The molecule has 0 unspecified atom stereocenters. The molecule has 1 amide bonds. The molecule has 1 aliphatic heterocycles. The SMILES string of the molecule is Cc1ccc(C(=O)Nc2ccc(S(=O)(=O)N3C[C@@H](C)O[C@@H](C)C3)cc2)o1. The summed E-state index contributed by atoms with van der Waals surface area (Å²) in [5, 5.41) is 2.68. The maximum Gasteiger partial charge on any atom is 0.291 e. The summed E-state index contributed by atoms with van der Waals surface area (Å²) in [5.41, 5.74) is 0.492. The first-order chi connectivity index (χ1) is 12.3. The summed E-state index contributed by atoms with van der Waals surface area (Å²) in [6, 6.07) is 9.40. The van der Waals surface area contributed by atoms with Gasteiger partial charge in [-0.1, -0.05) is 0 Å². The van der Waals surface area contributed by atoms with Gasteiger partial charge in [0.15, 0.2) is 5.76 Å². The molecule has 0 bridgehead atoms. The Bertz CT molecular complexity index is 879. The molecule has 2 atom stereocenters. The Morgan fingerprint density at radius 1 is 1.08 bits per heavy atom. The van der Waals surface area contributed by atoms with Crippen molar-refractivity contribution in [3.8, 4) is 0 Å². The highest BCUT2D eigenvalue weighted by Gasteiger charge is 2.32. The number of amides is 1. The molecule has 0 spiro atoms. The van der Waals surface area contributed by atoms with Gasteiger partial charge in [-0.25, -0.2) is 8.42 Å². The van der Waals surface area contributed by atoms with E-state index in [0.717, 1.165) is 0 Å². The standard InChI is InChI=1S/C18H22N2O5S/c1-12-4-9-17(25-12)18(21)19-15-5-7-16(8-6-15)26(22,23)20-10-13(2)24-14(3)11-20/h4-9,13-14H,10-11H2,1-3H3,(H,19,21)/t13-,14+. The van der Waals surface area contributed by atoms with Gasteiger partial charge in [0.05, 0.1) is 17.1 Å². The monoisotopic (exact) mass is 378 g/mol. The zero-order valence-corrected chi connectivity index (χ0v) is 15.7. The number of sulfonamides is 1. The number of hydrogen-bond donors (Lipinski definition) is 1. The van der Waals surface area contributed by atoms with Crippen LogP contribution in [0.15, 0.2) is 45.7 Å². The van der Waals surface area contributed by atoms with Crippen LogP contribution in [-0.4, -0.2) is 43.9 Å². The number of rotatable bonds is 4. The first kappa shape index (κ1) is 18.6. The fraction of sp³-hybridized carbons (Fsp3) is 0.389. The summed E-state index contributed by atoms with van der Waals surface area (Å²) in [7, 11) is -3.60. The summed E-state index contributed by atoms with van der Waals surface area (Å²) < 4.78 is 37.9. The van der Waals surface area contributed by atoms with Crippen LogP contribution in [0, 0.1) is 6.92 Å². The molecule has 1 aliphatic rings. The largest absolute Gasteiger partial charge is 0.456 e. The second-order valence-electron chi connectivity index (χ2n) is 6.47. The average Bonchev–Trinajstić information content (AvgIpc) is 3.01. The normalized spacial score (nSPS) is 21.5. The highest BCUT2D eigenvalue weighted by molar-refractivity contribution is 7.89. The van der Waals surface area contributed by atoms with Gasteiger partial charge in [-0.15, -0.1) is 0 Å². The van der Waals surface area contributed by atoms with E-state index in [2.05, 4.69) is 5.32 Å². The fourth-order valence-electron chi connectivity index (χ4n) is 2.94. The molecule has 1 saturated heterocycles. The number of ether oxygens (including phenoxy) is 1. The highest BCUT2D eigenvalue weighted by Crippen LogP contribution is 2.22. The van der Waals surface area contributed by atoms with Gasteiger partial charge in [0.25, 0.3) is 5.91 Å². The van der Waals surface area contributed by atoms with E-state index in [4.69, 9.17) is 9.15 Å². The van der Waals surface area contributed by atoms with Crippen LogP contribution in [-0.2, 0) is 14.8 Å². The lowest BCUT2D eigenvalue weighted by Crippen LogP contribution is -2.48. The van der Waals surface area contributed by atoms with E-state index in [1.165, 1.54) is 16.4 Å². The van der Waals surface area contributed by atoms with Gasteiger partial charge in [0, 0.05) is 18.8 Å². The number of carbonyl (C=O) groups is 1. The van der Waals surface area contributed by atoms with Gasteiger partial charge in [0.1, 0.15) is 5.76 Å². The minimum absolute atomic E-state index is 0.149. The van der Waals surface area contributed by atoms with Gasteiger partial charge >= 0.3 is 0 Å². The summed E-state index contributed by atoms with van der Waals surface area (Å²) in [6.07, 6.45) is -0.298. The van der Waals surface area contributed by atoms with Crippen LogP contribution >= 0.6 is 0 Å². The predicted octanol–water partition coefficient (Wildman–Crippen LogP) is 2.64. The summed E-state index contributed by atoms with van der Waals surface area (Å²) in [6.45, 7) is 6.11. The zero-order chi connectivity index (χ0) is 18.9. The van der Waals surface area contributed by atoms with Gasteiger partial charge < -0.3 is 14.5 Å². The van der Waals surface area contributed by atoms with Crippen molar-refractivity contribution in [3.63, 3.8) is 0 Å². The molecule has 7 nitrogen and oxygen atoms in total. The molecular weight excluding hydrogens is 356 g/mol. The molecule has 2 heterocycles. The molecule has 1 N–H and O–H groups in total. The molecule has 0 radical (unpaired) electrons. The topological polar surface area (TPSA) is 88.9 Å². The van der Waals surface area contributed by atoms with Crippen molar-refractivity contribution in [1.82, 2.24) is 4.31 Å². The van der Waals surface area contributed by atoms with Crippen molar-refractivity contribution >= 4 is 21.6 Å². The van der Waals surface area contributed by atoms with Crippen LogP contribution in [0.25, 0.3) is 0 Å². The number of nitrogens with one attached hydrogen (secondary N) is 1. The molecule has 1 aromatic heterocycles. The summed E-state index contributed by atoms with van der Waals surface area (Å²) in [4.78, 5) is 12.3. The van der Waals surface area contributed by atoms with E-state index in [0.29, 0.717) is 24.5 Å². The maximum absolute atomic E-state index is 12.8. The predicted molar refractivity (Wildman–Crippen MR) is 96.6 cm³/mol. The van der Waals surface area contributed by atoms with E-state index >= 15 is 0 Å². The Morgan fingerprint density at radius 2 is 1.69 bits per heavy atom. The van der Waals surface area contributed by atoms with E-state index in [-0.39, 0.29) is 28.8 Å². The first-order valence-electron chi connectivity index (χ1n) is 8.39. The molecule has 8 heteroatoms. The fourth-order valence-corrected chi connectivity index (χ4v) is 4.53. The average molecular weight is 378 g/mol. The first-order valence-corrected chi connectivity index (χ1v) is 9.83. The van der Waals surface area contributed by atoms with Gasteiger partial charge in [-0.2, -0.15) is 4.31 Å². The highest BCUT2D eigenvalue weighted by atomic mass is 32.2. The third kappa shape index (κ3) is 3.98. The van der Waals surface area contributed by atoms with Crippen LogP contribution in [0.2, 0.25) is 0 Å². The second-order valence-corrected chi connectivity index (χ2v) is 8.41. The molecule has 26 heavy (non-hydrogen) atoms. The van der Waals surface area contributed by atoms with E-state index in [1.807, 2.05) is 13.8 Å². The minimum atomic E-state index is -3.60. The molecule has 0 saturated carbocycles. The molecule has 1 fully saturated rings. The number of anilines is 1. The Morgan fingerprint density at radius 3 is 2.23 bits per heavy atom. The zero-order valence-electron chi connectivity index (χ0n) is 14.9. The summed E-state index contributed by atoms with van der Waals surface area (Å²) >= 11 is 0. The Labute approximate surface area is 153 Å². The van der Waals surface area contributed by atoms with Crippen LogP contribution in [0.3, 0.4) is 0 Å². The molecule has 3 rings (SSSR count). The van der Waals surface area contributed by atoms with Crippen molar-refractivity contribution in [2.75, 3.05) is 18.4 Å². The molecule has 2 aromatic rings. The van der Waals surface area contributed by atoms with Crippen LogP contribution in [0.5, 0.6) is 0 Å². The van der Waals surface area contributed by atoms with Gasteiger partial charge in [-0.3, -0.25) is 4.79 Å². The van der Waals surface area contributed by atoms with E-state index in [1.54, 1.807) is 31.2 Å². The third-order valence-corrected chi connectivity index (χ3v) is 5.95. The Kier molecular flexibility index (Phi) is 5.17. The number of benzene rings is 1. The maximum atomic E-state index is 12.8. The van der Waals surface area contributed by atoms with Gasteiger partial charge in [0.2, 0.25) is 10.0 Å². The number of nitrogens with zero attached hydrogens (tertiary/aromatic N) is 1. The van der Waals surface area contributed by atoms with Crippen LogP contribution < -0.4 is 5.32 Å². The van der Waals surface area contributed by atoms with Crippen LogP contribution in [0.4, 0.5) is 5.69 Å². The number of morpholine rings is 1. The number of carbonyl (C=O) groups excluding carboxylic acids is 1. The van der Waals surface area contributed by atoms with Crippen molar-refractivity contribution in [1.29, 1.82) is 0 Å². The van der Waals surface area contributed by atoms with E-state index in [9.17, 15) is 13.2 Å². The Hall–Kier alpha value is -2.16. The number of furan rings is 1. The smallest absolute Gasteiger partial charge is 0.291 e.